The molecule has 0 radical (unpaired) electrons. The van der Waals surface area contributed by atoms with Gasteiger partial charge in [0.15, 0.2) is 0 Å². The molecule has 3 nitrogen and oxygen atoms in total. The molecular formula is C7H14O3. The number of rotatable bonds is 6. The minimum Gasteiger partial charge on any atom is -0.379 e. The van der Waals surface area contributed by atoms with Crippen LogP contribution < -0.4 is 0 Å². The van der Waals surface area contributed by atoms with Crippen LogP contribution in [0.5, 0.6) is 0 Å². The van der Waals surface area contributed by atoms with Gasteiger partial charge in [0.25, 0.3) is 0 Å². The second kappa shape index (κ2) is 4.66. The number of epoxide rings is 1. The minimum absolute atomic E-state index is 0.377. The smallest absolute Gasteiger partial charge is 0.104 e. The third-order valence-electron chi connectivity index (χ3n) is 1.28. The van der Waals surface area contributed by atoms with Crippen molar-refractivity contribution in [3.8, 4) is 0 Å². The Morgan fingerprint density at radius 1 is 1.40 bits per heavy atom. The van der Waals surface area contributed by atoms with Gasteiger partial charge in [-0.3, -0.25) is 0 Å². The summed E-state index contributed by atoms with van der Waals surface area (Å²) in [6, 6.07) is 0. The van der Waals surface area contributed by atoms with Gasteiger partial charge in [-0.25, -0.2) is 0 Å². The molecule has 1 saturated heterocycles. The van der Waals surface area contributed by atoms with Gasteiger partial charge in [0.05, 0.1) is 26.4 Å². The summed E-state index contributed by atoms with van der Waals surface area (Å²) in [5.74, 6) is 0. The maximum atomic E-state index is 5.21. The first kappa shape index (κ1) is 7.98. The molecule has 0 unspecified atom stereocenters. The molecule has 1 heterocycles. The van der Waals surface area contributed by atoms with Crippen molar-refractivity contribution in [1.82, 2.24) is 0 Å². The predicted molar refractivity (Wildman–Crippen MR) is 37.1 cm³/mol. The van der Waals surface area contributed by atoms with Crippen molar-refractivity contribution in [1.29, 1.82) is 0 Å². The molecule has 0 aromatic rings. The van der Waals surface area contributed by atoms with Crippen molar-refractivity contribution in [2.75, 3.05) is 33.0 Å². The van der Waals surface area contributed by atoms with Gasteiger partial charge in [-0.05, 0) is 6.92 Å². The van der Waals surface area contributed by atoms with Gasteiger partial charge in [-0.15, -0.1) is 0 Å². The fourth-order valence-corrected chi connectivity index (χ4v) is 0.641. The van der Waals surface area contributed by atoms with Gasteiger partial charge in [-0.2, -0.15) is 0 Å². The SMILES string of the molecule is CCOCCOC[C@@H]1CO1. The quantitative estimate of drug-likeness (QED) is 0.402. The third-order valence-corrected chi connectivity index (χ3v) is 1.28. The fraction of sp³-hybridized carbons (Fsp3) is 1.00. The van der Waals surface area contributed by atoms with Crippen molar-refractivity contribution >= 4 is 0 Å². The Balaban J connectivity index is 1.68. The van der Waals surface area contributed by atoms with Crippen LogP contribution in [0.4, 0.5) is 0 Å². The summed E-state index contributed by atoms with van der Waals surface area (Å²) in [5.41, 5.74) is 0. The Labute approximate surface area is 61.3 Å². The Bertz CT molecular complexity index is 80.9. The zero-order chi connectivity index (χ0) is 7.23. The van der Waals surface area contributed by atoms with Crippen molar-refractivity contribution < 1.29 is 14.2 Å². The predicted octanol–water partition coefficient (Wildman–Crippen LogP) is 0.438. The van der Waals surface area contributed by atoms with Crippen molar-refractivity contribution in [2.45, 2.75) is 13.0 Å². The van der Waals surface area contributed by atoms with Crippen LogP contribution >= 0.6 is 0 Å². The van der Waals surface area contributed by atoms with E-state index in [1.165, 1.54) is 0 Å². The van der Waals surface area contributed by atoms with Gasteiger partial charge in [-0.1, -0.05) is 0 Å². The van der Waals surface area contributed by atoms with E-state index in [0.29, 0.717) is 19.3 Å². The van der Waals surface area contributed by atoms with E-state index in [9.17, 15) is 0 Å². The fourth-order valence-electron chi connectivity index (χ4n) is 0.641. The molecule has 1 aliphatic heterocycles. The highest BCUT2D eigenvalue weighted by atomic mass is 16.6. The third kappa shape index (κ3) is 3.82. The number of ether oxygens (including phenoxy) is 3. The lowest BCUT2D eigenvalue weighted by molar-refractivity contribution is 0.0464. The lowest BCUT2D eigenvalue weighted by Crippen LogP contribution is -2.07. The van der Waals surface area contributed by atoms with Gasteiger partial charge in [0.1, 0.15) is 6.10 Å². The van der Waals surface area contributed by atoms with E-state index in [1.54, 1.807) is 0 Å². The normalized spacial score (nSPS) is 23.1. The Morgan fingerprint density at radius 3 is 2.70 bits per heavy atom. The van der Waals surface area contributed by atoms with Crippen LogP contribution in [0.25, 0.3) is 0 Å². The molecule has 0 spiro atoms. The summed E-state index contributed by atoms with van der Waals surface area (Å²) < 4.78 is 15.2. The summed E-state index contributed by atoms with van der Waals surface area (Å²) in [7, 11) is 0. The van der Waals surface area contributed by atoms with Crippen LogP contribution in [0.3, 0.4) is 0 Å². The van der Waals surface area contributed by atoms with Crippen LogP contribution in [0.15, 0.2) is 0 Å². The molecule has 0 aromatic carbocycles. The second-order valence-corrected chi connectivity index (χ2v) is 2.23. The zero-order valence-electron chi connectivity index (χ0n) is 6.34. The van der Waals surface area contributed by atoms with Crippen molar-refractivity contribution in [3.05, 3.63) is 0 Å². The van der Waals surface area contributed by atoms with E-state index in [1.807, 2.05) is 6.92 Å². The molecule has 1 fully saturated rings. The molecule has 0 bridgehead atoms. The van der Waals surface area contributed by atoms with Gasteiger partial charge in [0.2, 0.25) is 0 Å². The second-order valence-electron chi connectivity index (χ2n) is 2.23. The Kier molecular flexibility index (Phi) is 3.72. The monoisotopic (exact) mass is 146 g/mol. The summed E-state index contributed by atoms with van der Waals surface area (Å²) in [5, 5.41) is 0. The Morgan fingerprint density at radius 2 is 2.10 bits per heavy atom. The van der Waals surface area contributed by atoms with E-state index in [2.05, 4.69) is 0 Å². The van der Waals surface area contributed by atoms with E-state index in [0.717, 1.165) is 19.8 Å². The van der Waals surface area contributed by atoms with Crippen LogP contribution in [-0.2, 0) is 14.2 Å². The molecule has 10 heavy (non-hydrogen) atoms. The maximum Gasteiger partial charge on any atom is 0.104 e. The standard InChI is InChI=1S/C7H14O3/c1-2-8-3-4-9-5-7-6-10-7/h7H,2-6H2,1H3/t7-/m1/s1. The largest absolute Gasteiger partial charge is 0.379 e. The molecule has 0 saturated carbocycles. The van der Waals surface area contributed by atoms with Gasteiger partial charge in [0, 0.05) is 6.61 Å². The van der Waals surface area contributed by atoms with Crippen LogP contribution in [0.1, 0.15) is 6.92 Å². The molecule has 1 atom stereocenters. The minimum atomic E-state index is 0.377. The van der Waals surface area contributed by atoms with Crippen LogP contribution in [-0.4, -0.2) is 39.1 Å². The first-order valence-corrected chi connectivity index (χ1v) is 3.70. The summed E-state index contributed by atoms with van der Waals surface area (Å²) in [4.78, 5) is 0. The lowest BCUT2D eigenvalue weighted by Gasteiger charge is -2.00. The molecule has 60 valence electrons. The topological polar surface area (TPSA) is 31.0 Å². The van der Waals surface area contributed by atoms with Crippen LogP contribution in [0.2, 0.25) is 0 Å². The molecule has 0 N–H and O–H groups in total. The van der Waals surface area contributed by atoms with Gasteiger partial charge < -0.3 is 14.2 Å². The highest BCUT2D eigenvalue weighted by Gasteiger charge is 2.21. The molecule has 1 aliphatic rings. The molecule has 3 heteroatoms. The van der Waals surface area contributed by atoms with Crippen molar-refractivity contribution in [3.63, 3.8) is 0 Å². The zero-order valence-corrected chi connectivity index (χ0v) is 6.34. The molecule has 0 aromatic heterocycles. The van der Waals surface area contributed by atoms with E-state index >= 15 is 0 Å². The first-order chi connectivity index (χ1) is 4.93. The first-order valence-electron chi connectivity index (χ1n) is 3.70. The molecule has 0 amide bonds. The lowest BCUT2D eigenvalue weighted by atomic mass is 10.5. The molecule has 0 aliphatic carbocycles. The average Bonchev–Trinajstić information content (AvgIpc) is 2.71. The van der Waals surface area contributed by atoms with E-state index in [-0.39, 0.29) is 0 Å². The highest BCUT2D eigenvalue weighted by molar-refractivity contribution is 4.66. The van der Waals surface area contributed by atoms with Gasteiger partial charge >= 0.3 is 0 Å². The van der Waals surface area contributed by atoms with Crippen molar-refractivity contribution in [2.24, 2.45) is 0 Å². The number of hydrogen-bond donors (Lipinski definition) is 0. The Hall–Kier alpha value is -0.120. The molecular weight excluding hydrogens is 132 g/mol. The number of hydrogen-bond acceptors (Lipinski definition) is 3. The van der Waals surface area contributed by atoms with E-state index in [4.69, 9.17) is 14.2 Å². The molecule has 1 rings (SSSR count). The van der Waals surface area contributed by atoms with Crippen LogP contribution in [0, 0.1) is 0 Å². The maximum absolute atomic E-state index is 5.21. The summed E-state index contributed by atoms with van der Waals surface area (Å²) >= 11 is 0. The average molecular weight is 146 g/mol. The summed E-state index contributed by atoms with van der Waals surface area (Å²) in [6.07, 6.45) is 0.377. The highest BCUT2D eigenvalue weighted by Crippen LogP contribution is 2.07. The van der Waals surface area contributed by atoms with E-state index < -0.39 is 0 Å². The summed E-state index contributed by atoms with van der Waals surface area (Å²) in [6.45, 7) is 5.73.